The van der Waals surface area contributed by atoms with Crippen molar-refractivity contribution >= 4 is 26.6 Å². The number of hydrogen-bond acceptors (Lipinski definition) is 7. The molecule has 9 heteroatoms. The molecule has 0 atom stereocenters. The molecular weight excluding hydrogens is 298 g/mol. The lowest BCUT2D eigenvalue weighted by atomic mass is 10.2. The molecule has 120 valence electrons. The maximum absolute atomic E-state index is 11.6. The van der Waals surface area contributed by atoms with Crippen LogP contribution >= 0.6 is 0 Å². The van der Waals surface area contributed by atoms with Crippen LogP contribution < -0.4 is 0 Å². The predicted molar refractivity (Wildman–Crippen MR) is 72.6 cm³/mol. The van der Waals surface area contributed by atoms with Crippen LogP contribution in [0.2, 0.25) is 6.04 Å². The van der Waals surface area contributed by atoms with Gasteiger partial charge in [-0.1, -0.05) is 0 Å². The van der Waals surface area contributed by atoms with E-state index in [-0.39, 0.29) is 19.3 Å². The highest BCUT2D eigenvalue weighted by atomic mass is 28.4. The molecule has 0 aromatic rings. The zero-order valence-corrected chi connectivity index (χ0v) is 13.5. The first-order valence-corrected chi connectivity index (χ1v) is 8.63. The van der Waals surface area contributed by atoms with Crippen LogP contribution in [0.1, 0.15) is 32.1 Å². The van der Waals surface area contributed by atoms with E-state index in [1.54, 1.807) is 0 Å². The molecule has 0 saturated carbocycles. The van der Waals surface area contributed by atoms with Gasteiger partial charge in [-0.3, -0.25) is 9.59 Å². The van der Waals surface area contributed by atoms with Crippen LogP contribution in [0.3, 0.4) is 0 Å². The summed E-state index contributed by atoms with van der Waals surface area (Å²) in [4.78, 5) is 38.9. The molecule has 0 aliphatic carbocycles. The Hall–Kier alpha value is -1.29. The Labute approximate surface area is 124 Å². The van der Waals surface area contributed by atoms with Crippen molar-refractivity contribution in [2.24, 2.45) is 0 Å². The molecule has 1 aliphatic heterocycles. The van der Waals surface area contributed by atoms with Crippen molar-refractivity contribution in [2.45, 2.75) is 38.1 Å². The van der Waals surface area contributed by atoms with Crippen molar-refractivity contribution in [1.29, 1.82) is 0 Å². The Kier molecular flexibility index (Phi) is 6.95. The fraction of sp³-hybridized carbons (Fsp3) is 0.750. The molecule has 1 fully saturated rings. The molecule has 1 heterocycles. The molecule has 0 bridgehead atoms. The third kappa shape index (κ3) is 4.88. The third-order valence-corrected chi connectivity index (χ3v) is 6.08. The van der Waals surface area contributed by atoms with Gasteiger partial charge in [0.25, 0.3) is 11.8 Å². The number of carbonyl (C=O) groups excluding carboxylic acids is 3. The zero-order valence-electron chi connectivity index (χ0n) is 12.5. The highest BCUT2D eigenvalue weighted by Crippen LogP contribution is 2.18. The number of imide groups is 1. The fourth-order valence-corrected chi connectivity index (χ4v) is 3.77. The van der Waals surface area contributed by atoms with Crippen molar-refractivity contribution in [3.63, 3.8) is 0 Å². The normalized spacial score (nSPS) is 15.7. The average Bonchev–Trinajstić information content (AvgIpc) is 2.80. The van der Waals surface area contributed by atoms with Gasteiger partial charge in [0.2, 0.25) is 0 Å². The summed E-state index contributed by atoms with van der Waals surface area (Å²) in [7, 11) is 1.96. The SMILES string of the molecule is CO[Si](CCCCC(=O)ON1C(=O)CCC1=O)(OC)OC. The summed E-state index contributed by atoms with van der Waals surface area (Å²) in [5.74, 6) is -1.55. The standard InChI is InChI=1S/C12H21NO7Si/c1-17-21(18-2,19-3)9-5-4-6-12(16)20-13-10(14)7-8-11(13)15/h4-9H2,1-3H3. The van der Waals surface area contributed by atoms with E-state index in [2.05, 4.69) is 0 Å². The maximum atomic E-state index is 11.6. The fourth-order valence-electron chi connectivity index (χ4n) is 1.97. The van der Waals surface area contributed by atoms with E-state index in [0.29, 0.717) is 23.9 Å². The summed E-state index contributed by atoms with van der Waals surface area (Å²) in [5.41, 5.74) is 0. The van der Waals surface area contributed by atoms with Gasteiger partial charge in [0.05, 0.1) is 0 Å². The van der Waals surface area contributed by atoms with E-state index in [1.165, 1.54) is 21.3 Å². The molecule has 2 amide bonds. The second-order valence-electron chi connectivity index (χ2n) is 4.55. The van der Waals surface area contributed by atoms with E-state index in [1.807, 2.05) is 0 Å². The summed E-state index contributed by atoms with van der Waals surface area (Å²) < 4.78 is 15.8. The van der Waals surface area contributed by atoms with Crippen LogP contribution in [-0.2, 0) is 32.5 Å². The van der Waals surface area contributed by atoms with E-state index in [0.717, 1.165) is 0 Å². The summed E-state index contributed by atoms with van der Waals surface area (Å²) in [6, 6.07) is 0.575. The molecular formula is C12H21NO7Si. The molecule has 0 aromatic carbocycles. The number of hydroxylamine groups is 2. The minimum Gasteiger partial charge on any atom is -0.377 e. The van der Waals surface area contributed by atoms with E-state index in [9.17, 15) is 14.4 Å². The smallest absolute Gasteiger partial charge is 0.377 e. The van der Waals surface area contributed by atoms with Gasteiger partial charge in [0.15, 0.2) is 0 Å². The van der Waals surface area contributed by atoms with E-state index in [4.69, 9.17) is 18.1 Å². The highest BCUT2D eigenvalue weighted by molar-refractivity contribution is 6.60. The van der Waals surface area contributed by atoms with Gasteiger partial charge in [-0.15, -0.1) is 5.06 Å². The summed E-state index contributed by atoms with van der Waals surface area (Å²) >= 11 is 0. The van der Waals surface area contributed by atoms with Crippen LogP contribution in [0.15, 0.2) is 0 Å². The monoisotopic (exact) mass is 319 g/mol. The Morgan fingerprint density at radius 3 is 2.05 bits per heavy atom. The highest BCUT2D eigenvalue weighted by Gasteiger charge is 2.37. The number of unbranched alkanes of at least 4 members (excludes halogenated alkanes) is 1. The first-order valence-electron chi connectivity index (χ1n) is 6.70. The number of carbonyl (C=O) groups is 3. The summed E-state index contributed by atoms with van der Waals surface area (Å²) in [5, 5.41) is 0.556. The van der Waals surface area contributed by atoms with Crippen LogP contribution in [0.4, 0.5) is 0 Å². The number of hydrogen-bond donors (Lipinski definition) is 0. The van der Waals surface area contributed by atoms with Crippen LogP contribution in [0.25, 0.3) is 0 Å². The zero-order chi connectivity index (χ0) is 15.9. The van der Waals surface area contributed by atoms with Gasteiger partial charge >= 0.3 is 14.8 Å². The minimum absolute atomic E-state index is 0.0930. The lowest BCUT2D eigenvalue weighted by Gasteiger charge is -2.24. The first kappa shape index (κ1) is 17.8. The third-order valence-electron chi connectivity index (χ3n) is 3.25. The maximum Gasteiger partial charge on any atom is 0.500 e. The molecule has 1 saturated heterocycles. The van der Waals surface area contributed by atoms with Gasteiger partial charge in [0.1, 0.15) is 0 Å². The van der Waals surface area contributed by atoms with Gasteiger partial charge in [0, 0.05) is 46.6 Å². The predicted octanol–water partition coefficient (Wildman–Crippen LogP) is 0.642. The van der Waals surface area contributed by atoms with Crippen molar-refractivity contribution in [2.75, 3.05) is 21.3 Å². The molecule has 8 nitrogen and oxygen atoms in total. The van der Waals surface area contributed by atoms with Gasteiger partial charge in [-0.05, 0) is 12.8 Å². The Morgan fingerprint density at radius 2 is 1.57 bits per heavy atom. The summed E-state index contributed by atoms with van der Waals surface area (Å²) in [6.45, 7) is 0. The summed E-state index contributed by atoms with van der Waals surface area (Å²) in [6.07, 6.45) is 1.48. The van der Waals surface area contributed by atoms with Gasteiger partial charge in [-0.25, -0.2) is 4.79 Å². The molecule has 1 aliphatic rings. The Balaban J connectivity index is 2.28. The number of amides is 2. The van der Waals surface area contributed by atoms with Crippen molar-refractivity contribution in [3.8, 4) is 0 Å². The number of nitrogens with zero attached hydrogens (tertiary/aromatic N) is 1. The first-order chi connectivity index (χ1) is 9.98. The second kappa shape index (κ2) is 8.22. The Bertz CT molecular complexity index is 373. The molecule has 0 aromatic heterocycles. The number of rotatable bonds is 9. The van der Waals surface area contributed by atoms with E-state index >= 15 is 0 Å². The van der Waals surface area contributed by atoms with Crippen LogP contribution in [-0.4, -0.2) is 53.0 Å². The van der Waals surface area contributed by atoms with Crippen molar-refractivity contribution < 1.29 is 32.5 Å². The molecule has 0 N–H and O–H groups in total. The quantitative estimate of drug-likeness (QED) is 0.350. The topological polar surface area (TPSA) is 91.4 Å². The van der Waals surface area contributed by atoms with Crippen LogP contribution in [0, 0.1) is 0 Å². The molecule has 0 spiro atoms. The largest absolute Gasteiger partial charge is 0.500 e. The van der Waals surface area contributed by atoms with Crippen molar-refractivity contribution in [1.82, 2.24) is 5.06 Å². The van der Waals surface area contributed by atoms with Crippen LogP contribution in [0.5, 0.6) is 0 Å². The minimum atomic E-state index is -2.62. The lowest BCUT2D eigenvalue weighted by molar-refractivity contribution is -0.197. The lowest BCUT2D eigenvalue weighted by Crippen LogP contribution is -2.42. The second-order valence-corrected chi connectivity index (χ2v) is 7.64. The molecule has 0 radical (unpaired) electrons. The average molecular weight is 319 g/mol. The van der Waals surface area contributed by atoms with Gasteiger partial charge < -0.3 is 18.1 Å². The van der Waals surface area contributed by atoms with Gasteiger partial charge in [-0.2, -0.15) is 0 Å². The van der Waals surface area contributed by atoms with E-state index < -0.39 is 26.6 Å². The van der Waals surface area contributed by atoms with Crippen molar-refractivity contribution in [3.05, 3.63) is 0 Å². The molecule has 1 rings (SSSR count). The molecule has 0 unspecified atom stereocenters. The molecule has 21 heavy (non-hydrogen) atoms. The Morgan fingerprint density at radius 1 is 1.05 bits per heavy atom.